The minimum Gasteiger partial charge on any atom is -0.464 e. The zero-order valence-electron chi connectivity index (χ0n) is 11.3. The van der Waals surface area contributed by atoms with Gasteiger partial charge in [0.2, 0.25) is 6.08 Å². The summed E-state index contributed by atoms with van der Waals surface area (Å²) in [5, 5.41) is 0. The number of aliphatic imine (C=N–C) groups is 1. The number of isocyanates is 1. The monoisotopic (exact) mass is 297 g/mol. The van der Waals surface area contributed by atoms with Crippen molar-refractivity contribution in [1.82, 2.24) is 0 Å². The van der Waals surface area contributed by atoms with Crippen molar-refractivity contribution in [3.05, 3.63) is 35.4 Å². The van der Waals surface area contributed by atoms with Gasteiger partial charge in [-0.3, -0.25) is 4.79 Å². The number of carbonyl (C=O) groups excluding carboxylic acids is 3. The van der Waals surface area contributed by atoms with E-state index in [0.29, 0.717) is 6.07 Å². The number of halogens is 2. The Labute approximate surface area is 119 Å². The molecular weight excluding hydrogens is 284 g/mol. The fraction of sp³-hybridized carbons (Fsp3) is 0.357. The van der Waals surface area contributed by atoms with E-state index in [9.17, 15) is 23.2 Å². The lowest BCUT2D eigenvalue weighted by Crippen LogP contribution is -2.22. The van der Waals surface area contributed by atoms with Crippen LogP contribution in [-0.2, 0) is 14.3 Å². The number of ether oxygens (including phenoxy) is 1. The molecule has 0 saturated heterocycles. The summed E-state index contributed by atoms with van der Waals surface area (Å²) in [6, 6.07) is 1.29. The fourth-order valence-corrected chi connectivity index (χ4v) is 1.66. The van der Waals surface area contributed by atoms with Crippen LogP contribution >= 0.6 is 0 Å². The molecule has 0 radical (unpaired) electrons. The van der Waals surface area contributed by atoms with Crippen molar-refractivity contribution in [2.45, 2.75) is 25.8 Å². The molecule has 0 spiro atoms. The second-order valence-corrected chi connectivity index (χ2v) is 4.11. The van der Waals surface area contributed by atoms with Crippen molar-refractivity contribution >= 4 is 17.8 Å². The van der Waals surface area contributed by atoms with E-state index in [4.69, 9.17) is 0 Å². The number of benzene rings is 1. The molecule has 0 N–H and O–H groups in total. The van der Waals surface area contributed by atoms with Crippen LogP contribution in [0.5, 0.6) is 0 Å². The summed E-state index contributed by atoms with van der Waals surface area (Å²) in [5.41, 5.74) is -0.148. The van der Waals surface area contributed by atoms with Crippen LogP contribution in [0.1, 0.15) is 30.1 Å². The van der Waals surface area contributed by atoms with E-state index >= 15 is 0 Å². The van der Waals surface area contributed by atoms with Crippen molar-refractivity contribution in [3.8, 4) is 0 Å². The van der Waals surface area contributed by atoms with Gasteiger partial charge in [0.25, 0.3) is 0 Å². The second kappa shape index (κ2) is 8.01. The van der Waals surface area contributed by atoms with E-state index in [1.54, 1.807) is 6.92 Å². The summed E-state index contributed by atoms with van der Waals surface area (Å²) in [5.74, 6) is -3.06. The van der Waals surface area contributed by atoms with Crippen molar-refractivity contribution < 1.29 is 27.9 Å². The Kier molecular flexibility index (Phi) is 6.36. The van der Waals surface area contributed by atoms with E-state index in [1.165, 1.54) is 6.08 Å². The highest BCUT2D eigenvalue weighted by Gasteiger charge is 2.21. The first-order valence-electron chi connectivity index (χ1n) is 6.20. The molecule has 5 nitrogen and oxygen atoms in total. The molecule has 7 heteroatoms. The molecule has 0 bridgehead atoms. The van der Waals surface area contributed by atoms with Crippen LogP contribution in [0.3, 0.4) is 0 Å². The zero-order chi connectivity index (χ0) is 15.8. The molecule has 1 aromatic carbocycles. The smallest absolute Gasteiger partial charge is 0.331 e. The van der Waals surface area contributed by atoms with Gasteiger partial charge in [-0.1, -0.05) is 0 Å². The van der Waals surface area contributed by atoms with Crippen LogP contribution in [0.15, 0.2) is 23.2 Å². The van der Waals surface area contributed by atoms with Crippen LogP contribution in [0.25, 0.3) is 0 Å². The van der Waals surface area contributed by atoms with Crippen LogP contribution in [-0.4, -0.2) is 30.5 Å². The standard InChI is InChI=1S/C14H13F2NO4/c1-2-21-14(20)12(17-8-18)3-4-13(19)9-5-10(15)7-11(16)6-9/h5-7,12H,2-4H2,1H3. The zero-order valence-corrected chi connectivity index (χ0v) is 11.3. The second-order valence-electron chi connectivity index (χ2n) is 4.11. The maximum Gasteiger partial charge on any atom is 0.331 e. The molecule has 0 aromatic heterocycles. The molecule has 0 fully saturated rings. The van der Waals surface area contributed by atoms with Gasteiger partial charge in [0.05, 0.1) is 6.61 Å². The van der Waals surface area contributed by atoms with Gasteiger partial charge in [-0.25, -0.2) is 18.4 Å². The van der Waals surface area contributed by atoms with E-state index < -0.39 is 29.4 Å². The molecule has 1 rings (SSSR count). The SMILES string of the molecule is CCOC(=O)C(CCC(=O)c1cc(F)cc(F)c1)N=C=O. The van der Waals surface area contributed by atoms with Crippen molar-refractivity contribution in [2.75, 3.05) is 6.61 Å². The number of Topliss-reactive ketones (excluding diaryl/α,β-unsaturated/α-hetero) is 1. The Balaban J connectivity index is 2.73. The molecule has 1 aromatic rings. The topological polar surface area (TPSA) is 72.8 Å². The molecule has 0 heterocycles. The van der Waals surface area contributed by atoms with Crippen molar-refractivity contribution in [2.24, 2.45) is 4.99 Å². The molecule has 0 aliphatic heterocycles. The summed E-state index contributed by atoms with van der Waals surface area (Å²) >= 11 is 0. The van der Waals surface area contributed by atoms with Crippen LogP contribution in [0, 0.1) is 11.6 Å². The first-order chi connectivity index (χ1) is 9.97. The number of nitrogens with zero attached hydrogens (tertiary/aromatic N) is 1. The van der Waals surface area contributed by atoms with Crippen molar-refractivity contribution in [1.29, 1.82) is 0 Å². The van der Waals surface area contributed by atoms with E-state index in [2.05, 4.69) is 9.73 Å². The maximum atomic E-state index is 13.0. The number of hydrogen-bond donors (Lipinski definition) is 0. The highest BCUT2D eigenvalue weighted by Crippen LogP contribution is 2.13. The van der Waals surface area contributed by atoms with Crippen molar-refractivity contribution in [3.63, 3.8) is 0 Å². The highest BCUT2D eigenvalue weighted by atomic mass is 19.1. The molecular formula is C14H13F2NO4. The van der Waals surface area contributed by atoms with E-state index in [-0.39, 0.29) is 25.0 Å². The Morgan fingerprint density at radius 3 is 2.43 bits per heavy atom. The first kappa shape index (κ1) is 16.7. The number of hydrogen-bond acceptors (Lipinski definition) is 5. The maximum absolute atomic E-state index is 13.0. The number of esters is 1. The molecule has 0 aliphatic rings. The van der Waals surface area contributed by atoms with Gasteiger partial charge in [-0.05, 0) is 25.5 Å². The molecule has 1 unspecified atom stereocenters. The normalized spacial score (nSPS) is 11.4. The Hall–Kier alpha value is -2.40. The number of rotatable bonds is 7. The Morgan fingerprint density at radius 2 is 1.90 bits per heavy atom. The summed E-state index contributed by atoms with van der Waals surface area (Å²) < 4.78 is 30.7. The quantitative estimate of drug-likeness (QED) is 0.335. The predicted octanol–water partition coefficient (Wildman–Crippen LogP) is 2.20. The number of ketones is 1. The first-order valence-corrected chi connectivity index (χ1v) is 6.20. The third-order valence-corrected chi connectivity index (χ3v) is 2.60. The minimum atomic E-state index is -1.15. The molecule has 0 aliphatic carbocycles. The lowest BCUT2D eigenvalue weighted by Gasteiger charge is -2.09. The molecule has 0 amide bonds. The summed E-state index contributed by atoms with van der Waals surface area (Å²) in [7, 11) is 0. The molecule has 112 valence electrons. The van der Waals surface area contributed by atoms with E-state index in [1.807, 2.05) is 0 Å². The highest BCUT2D eigenvalue weighted by molar-refractivity contribution is 5.96. The Bertz CT molecular complexity index is 562. The fourth-order valence-electron chi connectivity index (χ4n) is 1.66. The lowest BCUT2D eigenvalue weighted by atomic mass is 10.0. The average molecular weight is 297 g/mol. The van der Waals surface area contributed by atoms with Crippen LogP contribution in [0.2, 0.25) is 0 Å². The summed E-state index contributed by atoms with van der Waals surface area (Å²) in [6.45, 7) is 1.69. The van der Waals surface area contributed by atoms with Gasteiger partial charge in [-0.2, -0.15) is 4.99 Å². The van der Waals surface area contributed by atoms with E-state index in [0.717, 1.165) is 12.1 Å². The van der Waals surface area contributed by atoms with Gasteiger partial charge < -0.3 is 4.74 Å². The van der Waals surface area contributed by atoms with Gasteiger partial charge in [0.15, 0.2) is 11.8 Å². The van der Waals surface area contributed by atoms with Crippen LogP contribution in [0.4, 0.5) is 8.78 Å². The molecule has 1 atom stereocenters. The Morgan fingerprint density at radius 1 is 1.29 bits per heavy atom. The third kappa shape index (κ3) is 5.24. The molecule has 21 heavy (non-hydrogen) atoms. The summed E-state index contributed by atoms with van der Waals surface area (Å²) in [6.07, 6.45) is 0.915. The summed E-state index contributed by atoms with van der Waals surface area (Å²) in [4.78, 5) is 36.8. The minimum absolute atomic E-state index is 0.104. The predicted molar refractivity (Wildman–Crippen MR) is 68.5 cm³/mol. The molecule has 0 saturated carbocycles. The lowest BCUT2D eigenvalue weighted by molar-refractivity contribution is -0.144. The van der Waals surface area contributed by atoms with Gasteiger partial charge in [-0.15, -0.1) is 0 Å². The largest absolute Gasteiger partial charge is 0.464 e. The van der Waals surface area contributed by atoms with Gasteiger partial charge in [0.1, 0.15) is 11.6 Å². The number of carbonyl (C=O) groups is 2. The van der Waals surface area contributed by atoms with Gasteiger partial charge in [0, 0.05) is 18.1 Å². The average Bonchev–Trinajstić information content (AvgIpc) is 2.42. The van der Waals surface area contributed by atoms with Crippen LogP contribution < -0.4 is 0 Å². The van der Waals surface area contributed by atoms with Gasteiger partial charge >= 0.3 is 5.97 Å². The third-order valence-electron chi connectivity index (χ3n) is 2.60.